The molecule has 0 aliphatic rings. The van der Waals surface area contributed by atoms with Crippen LogP contribution in [0.4, 0.5) is 0 Å². The van der Waals surface area contributed by atoms with Gasteiger partial charge in [0.15, 0.2) is 0 Å². The summed E-state index contributed by atoms with van der Waals surface area (Å²) in [7, 11) is 0. The van der Waals surface area contributed by atoms with Gasteiger partial charge in [-0.2, -0.15) is 0 Å². The molecule has 0 spiro atoms. The van der Waals surface area contributed by atoms with Crippen molar-refractivity contribution in [1.82, 2.24) is 0 Å². The SMILES string of the molecule is CCCCCCCCCCCCCCc1cccc(Oc2ccccc2)c1-c1ccccc1Br. The van der Waals surface area contributed by atoms with Crippen LogP contribution in [-0.2, 0) is 6.42 Å². The first-order chi connectivity index (χ1) is 16.8. The van der Waals surface area contributed by atoms with E-state index in [4.69, 9.17) is 4.74 Å². The largest absolute Gasteiger partial charge is 0.457 e. The maximum Gasteiger partial charge on any atom is 0.135 e. The first-order valence-corrected chi connectivity index (χ1v) is 14.2. The zero-order valence-electron chi connectivity index (χ0n) is 20.9. The van der Waals surface area contributed by atoms with E-state index in [1.54, 1.807) is 0 Å². The molecular weight excluding hydrogens is 480 g/mol. The zero-order chi connectivity index (χ0) is 23.8. The molecule has 0 unspecified atom stereocenters. The van der Waals surface area contributed by atoms with Gasteiger partial charge in [-0.05, 0) is 48.2 Å². The van der Waals surface area contributed by atoms with Crippen molar-refractivity contribution in [1.29, 1.82) is 0 Å². The molecule has 0 heterocycles. The predicted molar refractivity (Wildman–Crippen MR) is 151 cm³/mol. The van der Waals surface area contributed by atoms with Gasteiger partial charge >= 0.3 is 0 Å². The van der Waals surface area contributed by atoms with Gasteiger partial charge in [0.1, 0.15) is 11.5 Å². The molecule has 0 saturated carbocycles. The predicted octanol–water partition coefficient (Wildman–Crippen LogP) is 11.2. The van der Waals surface area contributed by atoms with Crippen LogP contribution in [0.25, 0.3) is 11.1 Å². The van der Waals surface area contributed by atoms with Crippen LogP contribution in [0.15, 0.2) is 77.3 Å². The molecule has 0 atom stereocenters. The van der Waals surface area contributed by atoms with Crippen LogP contribution in [-0.4, -0.2) is 0 Å². The van der Waals surface area contributed by atoms with Gasteiger partial charge in [0.25, 0.3) is 0 Å². The highest BCUT2D eigenvalue weighted by molar-refractivity contribution is 9.10. The number of halogens is 1. The van der Waals surface area contributed by atoms with Gasteiger partial charge in [-0.1, -0.05) is 142 Å². The number of benzene rings is 3. The highest BCUT2D eigenvalue weighted by atomic mass is 79.9. The maximum atomic E-state index is 6.35. The Morgan fingerprint density at radius 3 is 1.82 bits per heavy atom. The molecule has 0 aliphatic heterocycles. The van der Waals surface area contributed by atoms with Gasteiger partial charge < -0.3 is 4.74 Å². The van der Waals surface area contributed by atoms with Gasteiger partial charge in [0, 0.05) is 10.0 Å². The lowest BCUT2D eigenvalue weighted by Gasteiger charge is -2.17. The molecule has 0 aliphatic carbocycles. The van der Waals surface area contributed by atoms with Gasteiger partial charge in [0.05, 0.1) is 0 Å². The molecule has 34 heavy (non-hydrogen) atoms. The first kappa shape index (κ1) is 26.5. The number of rotatable bonds is 16. The number of hydrogen-bond donors (Lipinski definition) is 0. The van der Waals surface area contributed by atoms with Gasteiger partial charge in [-0.3, -0.25) is 0 Å². The van der Waals surface area contributed by atoms with E-state index in [1.165, 1.54) is 93.7 Å². The lowest BCUT2D eigenvalue weighted by molar-refractivity contribution is 0.483. The maximum absolute atomic E-state index is 6.35. The molecule has 0 bridgehead atoms. The number of ether oxygens (including phenoxy) is 1. The fraction of sp³-hybridized carbons (Fsp3) is 0.438. The fourth-order valence-electron chi connectivity index (χ4n) is 4.61. The van der Waals surface area contributed by atoms with E-state index < -0.39 is 0 Å². The summed E-state index contributed by atoms with van der Waals surface area (Å²) in [6, 6.07) is 25.0. The van der Waals surface area contributed by atoms with E-state index in [9.17, 15) is 0 Å². The summed E-state index contributed by atoms with van der Waals surface area (Å²) in [5, 5.41) is 0. The van der Waals surface area contributed by atoms with E-state index in [2.05, 4.69) is 65.3 Å². The summed E-state index contributed by atoms with van der Waals surface area (Å²) < 4.78 is 7.46. The number of hydrogen-bond acceptors (Lipinski definition) is 1. The number of aryl methyl sites for hydroxylation is 1. The van der Waals surface area contributed by atoms with Crippen molar-refractivity contribution < 1.29 is 4.74 Å². The average Bonchev–Trinajstić information content (AvgIpc) is 2.86. The second kappa shape index (κ2) is 15.8. The molecule has 0 amide bonds. The second-order valence-electron chi connectivity index (χ2n) is 9.32. The molecule has 0 radical (unpaired) electrons. The third-order valence-corrected chi connectivity index (χ3v) is 7.22. The van der Waals surface area contributed by atoms with Crippen LogP contribution in [0.1, 0.15) is 89.5 Å². The summed E-state index contributed by atoms with van der Waals surface area (Å²) in [4.78, 5) is 0. The minimum Gasteiger partial charge on any atom is -0.457 e. The zero-order valence-corrected chi connectivity index (χ0v) is 22.5. The van der Waals surface area contributed by atoms with Gasteiger partial charge in [-0.25, -0.2) is 0 Å². The Morgan fingerprint density at radius 1 is 0.588 bits per heavy atom. The molecule has 3 aromatic rings. The third kappa shape index (κ3) is 8.95. The van der Waals surface area contributed by atoms with Crippen molar-refractivity contribution in [3.8, 4) is 22.6 Å². The Hall–Kier alpha value is -2.06. The lowest BCUT2D eigenvalue weighted by Crippen LogP contribution is -1.96. The van der Waals surface area contributed by atoms with Gasteiger partial charge in [0.2, 0.25) is 0 Å². The highest BCUT2D eigenvalue weighted by Crippen LogP contribution is 2.40. The smallest absolute Gasteiger partial charge is 0.135 e. The molecule has 1 nitrogen and oxygen atoms in total. The van der Waals surface area contributed by atoms with Crippen LogP contribution in [0, 0.1) is 0 Å². The van der Waals surface area contributed by atoms with Crippen molar-refractivity contribution in [2.24, 2.45) is 0 Å². The number of unbranched alkanes of at least 4 members (excludes halogenated alkanes) is 11. The van der Waals surface area contributed by atoms with E-state index in [-0.39, 0.29) is 0 Å². The molecule has 0 saturated heterocycles. The van der Waals surface area contributed by atoms with Crippen LogP contribution in [0.2, 0.25) is 0 Å². The fourth-order valence-corrected chi connectivity index (χ4v) is 5.09. The van der Waals surface area contributed by atoms with Crippen molar-refractivity contribution in [3.05, 3.63) is 82.8 Å². The van der Waals surface area contributed by atoms with E-state index in [0.29, 0.717) is 0 Å². The van der Waals surface area contributed by atoms with E-state index in [1.807, 2.05) is 30.3 Å². The molecule has 0 fully saturated rings. The molecule has 3 aromatic carbocycles. The summed E-state index contributed by atoms with van der Waals surface area (Å²) >= 11 is 3.77. The summed E-state index contributed by atoms with van der Waals surface area (Å²) in [6.07, 6.45) is 17.6. The standard InChI is InChI=1S/C32H41BrO/c1-2-3-4-5-6-7-8-9-10-11-12-14-20-27-21-19-26-31(34-28-22-15-13-16-23-28)32(27)29-24-17-18-25-30(29)33/h13,15-19,21-26H,2-12,14,20H2,1H3. The molecule has 0 N–H and O–H groups in total. The van der Waals surface area contributed by atoms with Crippen LogP contribution in [0.3, 0.4) is 0 Å². The summed E-state index contributed by atoms with van der Waals surface area (Å²) in [5.74, 6) is 1.80. The van der Waals surface area contributed by atoms with Crippen molar-refractivity contribution in [2.45, 2.75) is 90.4 Å². The Labute approximate surface area is 216 Å². The first-order valence-electron chi connectivity index (χ1n) is 13.4. The Kier molecular flexibility index (Phi) is 12.3. The molecular formula is C32H41BrO. The second-order valence-corrected chi connectivity index (χ2v) is 10.2. The molecule has 3 rings (SSSR count). The Morgan fingerprint density at radius 2 is 1.18 bits per heavy atom. The van der Waals surface area contributed by atoms with Crippen molar-refractivity contribution in [3.63, 3.8) is 0 Å². The van der Waals surface area contributed by atoms with E-state index >= 15 is 0 Å². The third-order valence-electron chi connectivity index (χ3n) is 6.53. The lowest BCUT2D eigenvalue weighted by atomic mass is 9.94. The Bertz CT molecular complexity index is 950. The quantitative estimate of drug-likeness (QED) is 0.170. The molecule has 2 heteroatoms. The summed E-state index contributed by atoms with van der Waals surface area (Å²) in [5.41, 5.74) is 3.78. The Balaban J connectivity index is 1.53. The highest BCUT2D eigenvalue weighted by Gasteiger charge is 2.15. The van der Waals surface area contributed by atoms with Crippen molar-refractivity contribution in [2.75, 3.05) is 0 Å². The van der Waals surface area contributed by atoms with Crippen LogP contribution >= 0.6 is 15.9 Å². The van der Waals surface area contributed by atoms with Gasteiger partial charge in [-0.15, -0.1) is 0 Å². The number of para-hydroxylation sites is 1. The van der Waals surface area contributed by atoms with Crippen LogP contribution in [0.5, 0.6) is 11.5 Å². The van der Waals surface area contributed by atoms with Crippen LogP contribution < -0.4 is 4.74 Å². The normalized spacial score (nSPS) is 11.0. The minimum atomic E-state index is 0.873. The van der Waals surface area contributed by atoms with E-state index in [0.717, 1.165) is 22.4 Å². The molecule has 182 valence electrons. The monoisotopic (exact) mass is 520 g/mol. The summed E-state index contributed by atoms with van der Waals surface area (Å²) in [6.45, 7) is 2.29. The average molecular weight is 522 g/mol. The molecule has 0 aromatic heterocycles. The topological polar surface area (TPSA) is 9.23 Å². The van der Waals surface area contributed by atoms with Crippen molar-refractivity contribution >= 4 is 15.9 Å². The minimum absolute atomic E-state index is 0.873.